The van der Waals surface area contributed by atoms with Crippen molar-refractivity contribution in [1.82, 2.24) is 0 Å². The molecular formula is C20H15ClO4. The highest BCUT2D eigenvalue weighted by Crippen LogP contribution is 2.35. The van der Waals surface area contributed by atoms with Crippen LogP contribution in [-0.2, 0) is 9.53 Å². The van der Waals surface area contributed by atoms with Gasteiger partial charge in [-0.25, -0.2) is 4.79 Å². The van der Waals surface area contributed by atoms with Crippen LogP contribution in [0.1, 0.15) is 28.4 Å². The smallest absolute Gasteiger partial charge is 0.342 e. The molecule has 25 heavy (non-hydrogen) atoms. The number of ketones is 1. The molecule has 5 heteroatoms. The van der Waals surface area contributed by atoms with E-state index in [-0.39, 0.29) is 29.3 Å². The standard InChI is InChI=1S/C20H15ClO4/c1-2-25-20(24)17-16(11-12-7-9-13(21)10-8-12)18(22)14-5-3-4-6-15(14)19(17)23/h3-11,23H,2H2,1H3. The lowest BCUT2D eigenvalue weighted by Crippen LogP contribution is -2.22. The average Bonchev–Trinajstić information content (AvgIpc) is 2.61. The first-order valence-electron chi connectivity index (χ1n) is 7.75. The number of fused-ring (bicyclic) bond motifs is 1. The maximum atomic E-state index is 12.9. The molecule has 0 aromatic heterocycles. The number of halogens is 1. The molecule has 0 saturated carbocycles. The SMILES string of the molecule is CCOC(=O)C1=C(O)c2ccccc2C(=O)C1=Cc1ccc(Cl)cc1. The molecule has 2 aromatic carbocycles. The number of ether oxygens (including phenoxy) is 1. The molecule has 1 aliphatic carbocycles. The van der Waals surface area contributed by atoms with Crippen molar-refractivity contribution < 1.29 is 19.4 Å². The Kier molecular flexibility index (Phi) is 4.72. The Morgan fingerprint density at radius 2 is 1.76 bits per heavy atom. The summed E-state index contributed by atoms with van der Waals surface area (Å²) < 4.78 is 5.03. The van der Waals surface area contributed by atoms with Crippen LogP contribution in [0.2, 0.25) is 5.02 Å². The normalized spacial score (nSPS) is 15.3. The van der Waals surface area contributed by atoms with Crippen molar-refractivity contribution in [1.29, 1.82) is 0 Å². The Hall–Kier alpha value is -2.85. The number of aliphatic hydroxyl groups excluding tert-OH is 1. The maximum Gasteiger partial charge on any atom is 0.342 e. The van der Waals surface area contributed by atoms with Gasteiger partial charge < -0.3 is 9.84 Å². The van der Waals surface area contributed by atoms with Crippen LogP contribution < -0.4 is 0 Å². The molecule has 0 fully saturated rings. The van der Waals surface area contributed by atoms with E-state index in [2.05, 4.69) is 0 Å². The lowest BCUT2D eigenvalue weighted by Gasteiger charge is -2.20. The topological polar surface area (TPSA) is 63.6 Å². The van der Waals surface area contributed by atoms with E-state index in [0.29, 0.717) is 21.7 Å². The molecule has 0 radical (unpaired) electrons. The summed E-state index contributed by atoms with van der Waals surface area (Å²) in [6.45, 7) is 1.80. The van der Waals surface area contributed by atoms with Gasteiger partial charge in [-0.1, -0.05) is 48.0 Å². The van der Waals surface area contributed by atoms with E-state index in [1.54, 1.807) is 61.5 Å². The zero-order chi connectivity index (χ0) is 18.0. The van der Waals surface area contributed by atoms with Crippen LogP contribution in [0, 0.1) is 0 Å². The van der Waals surface area contributed by atoms with E-state index >= 15 is 0 Å². The van der Waals surface area contributed by atoms with Gasteiger partial charge in [-0.15, -0.1) is 0 Å². The second-order valence-corrected chi connectivity index (χ2v) is 5.86. The largest absolute Gasteiger partial charge is 0.506 e. The summed E-state index contributed by atoms with van der Waals surface area (Å²) in [4.78, 5) is 25.3. The predicted octanol–water partition coefficient (Wildman–Crippen LogP) is 4.45. The van der Waals surface area contributed by atoms with E-state index < -0.39 is 5.97 Å². The Morgan fingerprint density at radius 3 is 2.40 bits per heavy atom. The van der Waals surface area contributed by atoms with Gasteiger partial charge in [-0.05, 0) is 30.7 Å². The molecule has 0 saturated heterocycles. The summed E-state index contributed by atoms with van der Waals surface area (Å²) in [5.41, 5.74) is 1.32. The summed E-state index contributed by atoms with van der Waals surface area (Å²) in [7, 11) is 0. The quantitative estimate of drug-likeness (QED) is 0.653. The first kappa shape index (κ1) is 17.0. The van der Waals surface area contributed by atoms with Gasteiger partial charge in [0, 0.05) is 21.7 Å². The van der Waals surface area contributed by atoms with Crippen molar-refractivity contribution in [2.45, 2.75) is 6.92 Å². The van der Waals surface area contributed by atoms with Crippen molar-refractivity contribution in [2.75, 3.05) is 6.61 Å². The second kappa shape index (κ2) is 6.95. The molecule has 0 bridgehead atoms. The lowest BCUT2D eigenvalue weighted by atomic mass is 9.84. The number of aliphatic hydroxyl groups is 1. The minimum atomic E-state index is -0.733. The number of carbonyl (C=O) groups excluding carboxylic acids is 2. The van der Waals surface area contributed by atoms with Gasteiger partial charge in [0.2, 0.25) is 0 Å². The molecule has 3 rings (SSSR count). The summed E-state index contributed by atoms with van der Waals surface area (Å²) >= 11 is 5.88. The fraction of sp³-hybridized carbons (Fsp3) is 0.100. The zero-order valence-corrected chi connectivity index (χ0v) is 14.2. The predicted molar refractivity (Wildman–Crippen MR) is 96.4 cm³/mol. The number of Topliss-reactive ketones (excluding diaryl/α,β-unsaturated/α-hetero) is 1. The molecule has 2 aromatic rings. The van der Waals surface area contributed by atoms with Gasteiger partial charge in [0.25, 0.3) is 0 Å². The van der Waals surface area contributed by atoms with Crippen LogP contribution in [0.4, 0.5) is 0 Å². The molecule has 4 nitrogen and oxygen atoms in total. The van der Waals surface area contributed by atoms with Gasteiger partial charge in [0.05, 0.1) is 6.61 Å². The molecule has 0 heterocycles. The van der Waals surface area contributed by atoms with Gasteiger partial charge >= 0.3 is 5.97 Å². The van der Waals surface area contributed by atoms with Gasteiger partial charge in [0.15, 0.2) is 5.78 Å². The third kappa shape index (κ3) is 3.21. The highest BCUT2D eigenvalue weighted by atomic mass is 35.5. The highest BCUT2D eigenvalue weighted by Gasteiger charge is 2.34. The Labute approximate surface area is 150 Å². The summed E-state index contributed by atoms with van der Waals surface area (Å²) in [6.07, 6.45) is 1.55. The maximum absolute atomic E-state index is 12.9. The van der Waals surface area contributed by atoms with Crippen molar-refractivity contribution in [3.8, 4) is 0 Å². The number of carbonyl (C=O) groups is 2. The zero-order valence-electron chi connectivity index (χ0n) is 13.5. The molecule has 0 amide bonds. The van der Waals surface area contributed by atoms with Crippen LogP contribution in [-0.4, -0.2) is 23.5 Å². The number of hydrogen-bond donors (Lipinski definition) is 1. The first-order chi connectivity index (χ1) is 12.0. The van der Waals surface area contributed by atoms with Gasteiger partial charge in [0.1, 0.15) is 11.3 Å². The van der Waals surface area contributed by atoms with E-state index in [9.17, 15) is 14.7 Å². The van der Waals surface area contributed by atoms with Crippen molar-refractivity contribution in [3.05, 3.63) is 81.4 Å². The third-order valence-electron chi connectivity index (χ3n) is 3.84. The number of esters is 1. The molecule has 0 atom stereocenters. The summed E-state index contributed by atoms with van der Waals surface area (Å²) in [5.74, 6) is -1.33. The van der Waals surface area contributed by atoms with Crippen molar-refractivity contribution >= 4 is 35.2 Å². The number of hydrogen-bond acceptors (Lipinski definition) is 4. The Balaban J connectivity index is 2.21. The fourth-order valence-electron chi connectivity index (χ4n) is 2.68. The molecule has 0 aliphatic heterocycles. The van der Waals surface area contributed by atoms with Crippen LogP contribution >= 0.6 is 11.6 Å². The van der Waals surface area contributed by atoms with E-state index in [0.717, 1.165) is 0 Å². The molecule has 1 aliphatic rings. The van der Waals surface area contributed by atoms with Crippen molar-refractivity contribution in [2.24, 2.45) is 0 Å². The minimum absolute atomic E-state index is 0.0944. The minimum Gasteiger partial charge on any atom is -0.506 e. The summed E-state index contributed by atoms with van der Waals surface area (Å²) in [6, 6.07) is 13.4. The second-order valence-electron chi connectivity index (χ2n) is 5.43. The van der Waals surface area contributed by atoms with Gasteiger partial charge in [-0.3, -0.25) is 4.79 Å². The van der Waals surface area contributed by atoms with Crippen LogP contribution in [0.3, 0.4) is 0 Å². The van der Waals surface area contributed by atoms with E-state index in [1.807, 2.05) is 0 Å². The van der Waals surface area contributed by atoms with Crippen molar-refractivity contribution in [3.63, 3.8) is 0 Å². The highest BCUT2D eigenvalue weighted by molar-refractivity contribution is 6.30. The Bertz CT molecular complexity index is 908. The summed E-state index contributed by atoms with van der Waals surface area (Å²) in [5, 5.41) is 11.2. The molecular weight excluding hydrogens is 340 g/mol. The molecule has 126 valence electrons. The monoisotopic (exact) mass is 354 g/mol. The Morgan fingerprint density at radius 1 is 1.12 bits per heavy atom. The molecule has 1 N–H and O–H groups in total. The van der Waals surface area contributed by atoms with Gasteiger partial charge in [-0.2, -0.15) is 0 Å². The number of benzene rings is 2. The number of rotatable bonds is 3. The fourth-order valence-corrected chi connectivity index (χ4v) is 2.81. The van der Waals surface area contributed by atoms with E-state index in [4.69, 9.17) is 16.3 Å². The van der Waals surface area contributed by atoms with Crippen LogP contribution in [0.15, 0.2) is 59.7 Å². The molecule has 0 unspecified atom stereocenters. The molecule has 0 spiro atoms. The third-order valence-corrected chi connectivity index (χ3v) is 4.09. The first-order valence-corrected chi connectivity index (χ1v) is 8.12. The van der Waals surface area contributed by atoms with E-state index in [1.165, 1.54) is 0 Å². The lowest BCUT2D eigenvalue weighted by molar-refractivity contribution is -0.138. The van der Waals surface area contributed by atoms with Crippen LogP contribution in [0.25, 0.3) is 11.8 Å². The average molecular weight is 355 g/mol. The van der Waals surface area contributed by atoms with Crippen LogP contribution in [0.5, 0.6) is 0 Å².